The molecule has 0 radical (unpaired) electrons. The fourth-order valence-corrected chi connectivity index (χ4v) is 2.65. The number of benzene rings is 3. The summed E-state index contributed by atoms with van der Waals surface area (Å²) in [5, 5.41) is 11.2. The first-order valence-electron chi connectivity index (χ1n) is 9.25. The maximum absolute atomic E-state index is 12.4. The lowest BCUT2D eigenvalue weighted by Crippen LogP contribution is -2.13. The number of hydrogen-bond donors (Lipinski definition) is 1. The normalized spacial score (nSPS) is 10.6. The summed E-state index contributed by atoms with van der Waals surface area (Å²) in [6.45, 7) is 0. The molecule has 0 aromatic heterocycles. The SMILES string of the molecule is COC(=O)c1cccc(C(=O)Nc2ccc(N=Nc3ccc(N(C)C)cc3)cc2)c1. The van der Waals surface area contributed by atoms with Crippen LogP contribution in [0.25, 0.3) is 0 Å². The topological polar surface area (TPSA) is 83.4 Å². The summed E-state index contributed by atoms with van der Waals surface area (Å²) in [5.74, 6) is -0.813. The quantitative estimate of drug-likeness (QED) is 0.453. The number of ether oxygens (including phenoxy) is 1. The molecule has 0 saturated heterocycles. The number of hydrogen-bond acceptors (Lipinski definition) is 6. The van der Waals surface area contributed by atoms with Gasteiger partial charge in [-0.25, -0.2) is 4.79 Å². The second-order valence-corrected chi connectivity index (χ2v) is 6.68. The van der Waals surface area contributed by atoms with Crippen LogP contribution in [0.15, 0.2) is 83.0 Å². The van der Waals surface area contributed by atoms with Gasteiger partial charge in [-0.3, -0.25) is 4.79 Å². The first kappa shape index (κ1) is 20.7. The molecule has 1 N–H and O–H groups in total. The van der Waals surface area contributed by atoms with Crippen molar-refractivity contribution in [3.63, 3.8) is 0 Å². The number of carbonyl (C=O) groups is 2. The number of nitrogens with zero attached hydrogens (tertiary/aromatic N) is 3. The van der Waals surface area contributed by atoms with Gasteiger partial charge in [0, 0.05) is 31.0 Å². The summed E-state index contributed by atoms with van der Waals surface area (Å²) in [6.07, 6.45) is 0. The zero-order chi connectivity index (χ0) is 21.5. The summed E-state index contributed by atoms with van der Waals surface area (Å²) >= 11 is 0. The third-order valence-electron chi connectivity index (χ3n) is 4.32. The molecule has 0 unspecified atom stereocenters. The minimum atomic E-state index is -0.490. The maximum Gasteiger partial charge on any atom is 0.337 e. The average Bonchev–Trinajstić information content (AvgIpc) is 2.78. The summed E-state index contributed by atoms with van der Waals surface area (Å²) in [6, 6.07) is 21.1. The maximum atomic E-state index is 12.4. The summed E-state index contributed by atoms with van der Waals surface area (Å²) in [7, 11) is 5.26. The van der Waals surface area contributed by atoms with Crippen molar-refractivity contribution in [2.24, 2.45) is 10.2 Å². The van der Waals surface area contributed by atoms with Gasteiger partial charge in [0.15, 0.2) is 0 Å². The lowest BCUT2D eigenvalue weighted by Gasteiger charge is -2.11. The van der Waals surface area contributed by atoms with E-state index in [1.165, 1.54) is 13.2 Å². The largest absolute Gasteiger partial charge is 0.465 e. The van der Waals surface area contributed by atoms with Crippen LogP contribution in [0, 0.1) is 0 Å². The van der Waals surface area contributed by atoms with Crippen molar-refractivity contribution < 1.29 is 14.3 Å². The van der Waals surface area contributed by atoms with Gasteiger partial charge in [0.1, 0.15) is 0 Å². The lowest BCUT2D eigenvalue weighted by atomic mass is 10.1. The van der Waals surface area contributed by atoms with Crippen LogP contribution in [0.4, 0.5) is 22.7 Å². The Morgan fingerprint density at radius 3 is 1.97 bits per heavy atom. The molecule has 7 heteroatoms. The zero-order valence-corrected chi connectivity index (χ0v) is 17.0. The standard InChI is InChI=1S/C23H22N4O3/c1-27(2)21-13-11-20(12-14-21)26-25-19-9-7-18(8-10-19)24-22(28)16-5-4-6-17(15-16)23(29)30-3/h4-15H,1-3H3,(H,24,28). The molecular weight excluding hydrogens is 380 g/mol. The Bertz CT molecular complexity index is 1060. The highest BCUT2D eigenvalue weighted by Gasteiger charge is 2.11. The van der Waals surface area contributed by atoms with E-state index < -0.39 is 5.97 Å². The van der Waals surface area contributed by atoms with Crippen molar-refractivity contribution >= 4 is 34.6 Å². The van der Waals surface area contributed by atoms with Crippen LogP contribution in [0.5, 0.6) is 0 Å². The van der Waals surface area contributed by atoms with Crippen LogP contribution in [0.2, 0.25) is 0 Å². The third kappa shape index (κ3) is 5.29. The van der Waals surface area contributed by atoms with Crippen molar-refractivity contribution in [3.8, 4) is 0 Å². The lowest BCUT2D eigenvalue weighted by molar-refractivity contribution is 0.0600. The highest BCUT2D eigenvalue weighted by molar-refractivity contribution is 6.05. The Labute approximate surface area is 175 Å². The minimum Gasteiger partial charge on any atom is -0.465 e. The van der Waals surface area contributed by atoms with Crippen molar-refractivity contribution in [2.75, 3.05) is 31.4 Å². The number of methoxy groups -OCH3 is 1. The molecule has 3 rings (SSSR count). The second-order valence-electron chi connectivity index (χ2n) is 6.68. The van der Waals surface area contributed by atoms with Crippen LogP contribution < -0.4 is 10.2 Å². The fourth-order valence-electron chi connectivity index (χ4n) is 2.65. The van der Waals surface area contributed by atoms with Gasteiger partial charge in [0.25, 0.3) is 5.91 Å². The Morgan fingerprint density at radius 2 is 1.40 bits per heavy atom. The van der Waals surface area contributed by atoms with Gasteiger partial charge < -0.3 is 15.0 Å². The van der Waals surface area contributed by atoms with E-state index in [1.807, 2.05) is 43.3 Å². The monoisotopic (exact) mass is 402 g/mol. The van der Waals surface area contributed by atoms with Gasteiger partial charge >= 0.3 is 5.97 Å². The molecule has 0 aliphatic rings. The van der Waals surface area contributed by atoms with Crippen molar-refractivity contribution in [2.45, 2.75) is 0 Å². The number of rotatable bonds is 6. The van der Waals surface area contributed by atoms with E-state index in [0.29, 0.717) is 22.5 Å². The highest BCUT2D eigenvalue weighted by atomic mass is 16.5. The highest BCUT2D eigenvalue weighted by Crippen LogP contribution is 2.22. The van der Waals surface area contributed by atoms with Gasteiger partial charge in [-0.15, -0.1) is 0 Å². The zero-order valence-electron chi connectivity index (χ0n) is 17.0. The van der Waals surface area contributed by atoms with Crippen LogP contribution in [0.1, 0.15) is 20.7 Å². The summed E-state index contributed by atoms with van der Waals surface area (Å²) in [5.41, 5.74) is 3.80. The van der Waals surface area contributed by atoms with Gasteiger partial charge in [0.05, 0.1) is 24.0 Å². The van der Waals surface area contributed by atoms with Crippen LogP contribution in [-0.2, 0) is 4.74 Å². The first-order valence-corrected chi connectivity index (χ1v) is 9.25. The molecule has 0 fully saturated rings. The van der Waals surface area contributed by atoms with Crippen molar-refractivity contribution in [3.05, 3.63) is 83.9 Å². The molecule has 30 heavy (non-hydrogen) atoms. The van der Waals surface area contributed by atoms with E-state index in [-0.39, 0.29) is 5.91 Å². The van der Waals surface area contributed by atoms with Gasteiger partial charge in [0.2, 0.25) is 0 Å². The molecule has 0 atom stereocenters. The molecule has 0 spiro atoms. The van der Waals surface area contributed by atoms with E-state index in [9.17, 15) is 9.59 Å². The van der Waals surface area contributed by atoms with E-state index in [1.54, 1.807) is 42.5 Å². The first-order chi connectivity index (χ1) is 14.5. The van der Waals surface area contributed by atoms with E-state index in [2.05, 4.69) is 20.3 Å². The summed E-state index contributed by atoms with van der Waals surface area (Å²) < 4.78 is 4.68. The van der Waals surface area contributed by atoms with E-state index >= 15 is 0 Å². The van der Waals surface area contributed by atoms with Crippen molar-refractivity contribution in [1.82, 2.24) is 0 Å². The van der Waals surface area contributed by atoms with Crippen LogP contribution in [-0.4, -0.2) is 33.1 Å². The molecule has 0 bridgehead atoms. The predicted octanol–water partition coefficient (Wildman–Crippen LogP) is 5.21. The van der Waals surface area contributed by atoms with Crippen LogP contribution in [0.3, 0.4) is 0 Å². The smallest absolute Gasteiger partial charge is 0.337 e. The number of azo groups is 1. The molecule has 0 aliphatic carbocycles. The van der Waals surface area contributed by atoms with E-state index in [0.717, 1.165) is 11.4 Å². The molecule has 0 aliphatic heterocycles. The Kier molecular flexibility index (Phi) is 6.54. The Hall–Kier alpha value is -4.00. The number of carbonyl (C=O) groups excluding carboxylic acids is 2. The Morgan fingerprint density at radius 1 is 0.833 bits per heavy atom. The van der Waals surface area contributed by atoms with Crippen LogP contribution >= 0.6 is 0 Å². The average molecular weight is 402 g/mol. The molecule has 0 heterocycles. The molecule has 3 aromatic carbocycles. The Balaban J connectivity index is 1.64. The fraction of sp³-hybridized carbons (Fsp3) is 0.130. The number of esters is 1. The summed E-state index contributed by atoms with van der Waals surface area (Å²) in [4.78, 5) is 26.1. The molecule has 3 aromatic rings. The van der Waals surface area contributed by atoms with E-state index in [4.69, 9.17) is 0 Å². The predicted molar refractivity (Wildman–Crippen MR) is 117 cm³/mol. The number of nitrogens with one attached hydrogen (secondary N) is 1. The molecule has 152 valence electrons. The van der Waals surface area contributed by atoms with Crippen molar-refractivity contribution in [1.29, 1.82) is 0 Å². The molecular formula is C23H22N4O3. The molecule has 7 nitrogen and oxygen atoms in total. The van der Waals surface area contributed by atoms with Gasteiger partial charge in [-0.05, 0) is 66.7 Å². The third-order valence-corrected chi connectivity index (χ3v) is 4.32. The molecule has 0 saturated carbocycles. The van der Waals surface area contributed by atoms with Gasteiger partial charge in [-0.1, -0.05) is 6.07 Å². The second kappa shape index (κ2) is 9.47. The number of anilines is 2. The number of amides is 1. The molecule has 1 amide bonds. The minimum absolute atomic E-state index is 0.319. The van der Waals surface area contributed by atoms with Gasteiger partial charge in [-0.2, -0.15) is 10.2 Å².